The van der Waals surface area contributed by atoms with Crippen LogP contribution in [0.3, 0.4) is 0 Å². The van der Waals surface area contributed by atoms with Gasteiger partial charge >= 0.3 is 18.2 Å². The zero-order valence-electron chi connectivity index (χ0n) is 18.9. The van der Waals surface area contributed by atoms with Gasteiger partial charge in [-0.2, -0.15) is 4.90 Å². The second-order valence-electron chi connectivity index (χ2n) is 9.40. The van der Waals surface area contributed by atoms with Gasteiger partial charge in [0, 0.05) is 12.8 Å². The van der Waals surface area contributed by atoms with Crippen molar-refractivity contribution in [1.82, 2.24) is 0 Å². The Hall–Kier alpha value is -2.71. The lowest BCUT2D eigenvalue weighted by Gasteiger charge is -2.28. The summed E-state index contributed by atoms with van der Waals surface area (Å²) in [6.45, 7) is 11.2. The number of nitrogens with zero attached hydrogens (tertiary/aromatic N) is 1. The van der Waals surface area contributed by atoms with E-state index in [-0.39, 0.29) is 23.4 Å². The minimum atomic E-state index is -2.42. The molecule has 2 amide bonds. The summed E-state index contributed by atoms with van der Waals surface area (Å²) in [5.74, 6) is -1.93. The highest BCUT2D eigenvalue weighted by atomic mass is 19.1. The van der Waals surface area contributed by atoms with Gasteiger partial charge in [-0.05, 0) is 71.7 Å². The van der Waals surface area contributed by atoms with E-state index < -0.39 is 53.7 Å². The number of amides is 2. The largest absolute Gasteiger partial charge is 0.464 e. The molecule has 0 fully saturated rings. The van der Waals surface area contributed by atoms with Crippen molar-refractivity contribution in [2.75, 3.05) is 11.5 Å². The van der Waals surface area contributed by atoms with Crippen LogP contribution in [-0.2, 0) is 31.8 Å². The number of hydrogen-bond donors (Lipinski definition) is 0. The predicted octanol–water partition coefficient (Wildman–Crippen LogP) is 4.87. The number of rotatable bonds is 3. The molecule has 0 aromatic heterocycles. The lowest BCUT2D eigenvalue weighted by Crippen LogP contribution is -2.44. The molecular formula is C22H29F2NO6. The van der Waals surface area contributed by atoms with Crippen LogP contribution < -0.4 is 4.90 Å². The van der Waals surface area contributed by atoms with Gasteiger partial charge in [-0.3, -0.25) is 0 Å². The zero-order chi connectivity index (χ0) is 23.8. The predicted molar refractivity (Wildman–Crippen MR) is 109 cm³/mol. The first-order valence-corrected chi connectivity index (χ1v) is 10.00. The Labute approximate surface area is 180 Å². The van der Waals surface area contributed by atoms with Crippen LogP contribution in [-0.4, -0.2) is 41.6 Å². The molecule has 0 radical (unpaired) electrons. The Bertz CT molecular complexity index is 859. The molecule has 31 heavy (non-hydrogen) atoms. The number of fused-ring (bicyclic) bond motifs is 1. The fourth-order valence-corrected chi connectivity index (χ4v) is 3.11. The van der Waals surface area contributed by atoms with Crippen molar-refractivity contribution in [1.29, 1.82) is 0 Å². The number of hydrogen-bond acceptors (Lipinski definition) is 6. The third-order valence-corrected chi connectivity index (χ3v) is 4.25. The minimum Gasteiger partial charge on any atom is -0.464 e. The highest BCUT2D eigenvalue weighted by Crippen LogP contribution is 2.38. The molecule has 172 valence electrons. The Balaban J connectivity index is 2.47. The van der Waals surface area contributed by atoms with Crippen molar-refractivity contribution in [3.8, 4) is 0 Å². The molecule has 1 aromatic rings. The lowest BCUT2D eigenvalue weighted by molar-refractivity contribution is -0.156. The van der Waals surface area contributed by atoms with E-state index >= 15 is 4.39 Å². The summed E-state index contributed by atoms with van der Waals surface area (Å²) in [6, 6.07) is 2.20. The summed E-state index contributed by atoms with van der Waals surface area (Å²) < 4.78 is 45.3. The lowest BCUT2D eigenvalue weighted by atomic mass is 10.0. The monoisotopic (exact) mass is 441 g/mol. The van der Waals surface area contributed by atoms with Crippen LogP contribution in [0, 0.1) is 5.82 Å². The van der Waals surface area contributed by atoms with E-state index in [1.165, 1.54) is 6.07 Å². The van der Waals surface area contributed by atoms with E-state index in [9.17, 15) is 18.8 Å². The second-order valence-corrected chi connectivity index (χ2v) is 9.40. The summed E-state index contributed by atoms with van der Waals surface area (Å²) in [4.78, 5) is 38.1. The van der Waals surface area contributed by atoms with Crippen LogP contribution >= 0.6 is 0 Å². The molecule has 9 heteroatoms. The highest BCUT2D eigenvalue weighted by Gasteiger charge is 2.47. The smallest absolute Gasteiger partial charge is 0.424 e. The molecule has 2 rings (SSSR count). The summed E-state index contributed by atoms with van der Waals surface area (Å²) in [7, 11) is 0. The molecular weight excluding hydrogens is 412 g/mol. The van der Waals surface area contributed by atoms with Crippen molar-refractivity contribution >= 4 is 23.8 Å². The molecule has 0 aliphatic heterocycles. The van der Waals surface area contributed by atoms with E-state index in [2.05, 4.69) is 0 Å². The number of halogens is 2. The van der Waals surface area contributed by atoms with E-state index in [1.54, 1.807) is 48.5 Å². The average Bonchev–Trinajstić information content (AvgIpc) is 2.90. The van der Waals surface area contributed by atoms with E-state index in [1.807, 2.05) is 0 Å². The van der Waals surface area contributed by atoms with Crippen LogP contribution in [0.1, 0.15) is 59.6 Å². The molecule has 1 atom stereocenters. The van der Waals surface area contributed by atoms with Gasteiger partial charge in [-0.25, -0.2) is 23.2 Å². The first kappa shape index (κ1) is 24.6. The normalized spacial score (nSPS) is 18.2. The van der Waals surface area contributed by atoms with Gasteiger partial charge in [0.05, 0.1) is 12.3 Å². The third kappa shape index (κ3) is 5.92. The second kappa shape index (κ2) is 8.43. The van der Waals surface area contributed by atoms with Gasteiger partial charge < -0.3 is 14.2 Å². The molecule has 0 saturated carbocycles. The molecule has 7 nitrogen and oxygen atoms in total. The van der Waals surface area contributed by atoms with Crippen molar-refractivity contribution in [2.45, 2.75) is 78.2 Å². The summed E-state index contributed by atoms with van der Waals surface area (Å²) in [5, 5.41) is 0. The Morgan fingerprint density at radius 3 is 1.97 bits per heavy atom. The van der Waals surface area contributed by atoms with Gasteiger partial charge in [0.1, 0.15) is 17.0 Å². The highest BCUT2D eigenvalue weighted by molar-refractivity contribution is 6.09. The van der Waals surface area contributed by atoms with E-state index in [0.29, 0.717) is 4.90 Å². The Kier molecular flexibility index (Phi) is 6.68. The van der Waals surface area contributed by atoms with Crippen LogP contribution in [0.25, 0.3) is 0 Å². The number of carbonyl (C=O) groups excluding carboxylic acids is 3. The maximum Gasteiger partial charge on any atom is 0.424 e. The fourth-order valence-electron chi connectivity index (χ4n) is 3.11. The number of alkyl halides is 1. The van der Waals surface area contributed by atoms with Crippen molar-refractivity contribution in [2.24, 2.45) is 0 Å². The van der Waals surface area contributed by atoms with Gasteiger partial charge in [-0.1, -0.05) is 0 Å². The number of carbonyl (C=O) groups is 3. The molecule has 0 heterocycles. The first-order chi connectivity index (χ1) is 14.1. The standard InChI is InChI=1S/C22H29F2NO6/c1-8-29-17(26)22(24)11-13-9-14(10-16(23)15(13)12-22)25(18(27)30-20(2,3)4)19(28)31-21(5,6)7/h9-10H,8,11-12H2,1-7H3. The number of benzene rings is 1. The first-order valence-electron chi connectivity index (χ1n) is 10.00. The maximum absolute atomic E-state index is 15.1. The van der Waals surface area contributed by atoms with Crippen LogP contribution in [0.5, 0.6) is 0 Å². The quantitative estimate of drug-likeness (QED) is 0.492. The minimum absolute atomic E-state index is 0.00682. The van der Waals surface area contributed by atoms with Crippen molar-refractivity contribution < 1.29 is 37.4 Å². The average molecular weight is 441 g/mol. The molecule has 1 aliphatic carbocycles. The Morgan fingerprint density at radius 1 is 1.00 bits per heavy atom. The summed E-state index contributed by atoms with van der Waals surface area (Å²) in [6.07, 6.45) is -3.08. The fraction of sp³-hybridized carbons (Fsp3) is 0.591. The number of anilines is 1. The van der Waals surface area contributed by atoms with Gasteiger partial charge in [0.15, 0.2) is 0 Å². The molecule has 1 aliphatic rings. The van der Waals surface area contributed by atoms with Crippen LogP contribution in [0.15, 0.2) is 12.1 Å². The summed E-state index contributed by atoms with van der Waals surface area (Å²) >= 11 is 0. The van der Waals surface area contributed by atoms with E-state index in [0.717, 1.165) is 6.07 Å². The van der Waals surface area contributed by atoms with Crippen LogP contribution in [0.2, 0.25) is 0 Å². The zero-order valence-corrected chi connectivity index (χ0v) is 18.9. The Morgan fingerprint density at radius 2 is 1.52 bits per heavy atom. The SMILES string of the molecule is CCOC(=O)C1(F)Cc2cc(N(C(=O)OC(C)(C)C)C(=O)OC(C)(C)C)cc(F)c2C1. The molecule has 0 N–H and O–H groups in total. The molecule has 0 saturated heterocycles. The molecule has 1 aromatic carbocycles. The molecule has 1 unspecified atom stereocenters. The van der Waals surface area contributed by atoms with Gasteiger partial charge in [-0.15, -0.1) is 0 Å². The van der Waals surface area contributed by atoms with Gasteiger partial charge in [0.25, 0.3) is 0 Å². The number of imide groups is 1. The van der Waals surface area contributed by atoms with Gasteiger partial charge in [0.2, 0.25) is 5.67 Å². The van der Waals surface area contributed by atoms with E-state index in [4.69, 9.17) is 14.2 Å². The number of esters is 1. The molecule has 0 spiro atoms. The topological polar surface area (TPSA) is 82.1 Å². The van der Waals surface area contributed by atoms with Crippen LogP contribution in [0.4, 0.5) is 24.1 Å². The van der Waals surface area contributed by atoms with Crippen molar-refractivity contribution in [3.05, 3.63) is 29.1 Å². The summed E-state index contributed by atoms with van der Waals surface area (Å²) in [5.41, 5.74) is -4.33. The maximum atomic E-state index is 15.1. The van der Waals surface area contributed by atoms with Crippen molar-refractivity contribution in [3.63, 3.8) is 0 Å². The molecule has 0 bridgehead atoms. The third-order valence-electron chi connectivity index (χ3n) is 4.25. The number of ether oxygens (including phenoxy) is 3.